The summed E-state index contributed by atoms with van der Waals surface area (Å²) in [5.41, 5.74) is 2.00. The van der Waals surface area contributed by atoms with Gasteiger partial charge in [0, 0.05) is 39.2 Å². The number of benzene rings is 2. The number of carbonyl (C=O) groups is 2. The van der Waals surface area contributed by atoms with Gasteiger partial charge in [-0.15, -0.1) is 11.3 Å². The molecule has 2 aromatic heterocycles. The third-order valence-electron chi connectivity index (χ3n) is 4.36. The number of carbonyl (C=O) groups excluding carboxylic acids is 2. The number of para-hydroxylation sites is 1. The van der Waals surface area contributed by atoms with E-state index in [0.717, 1.165) is 15.8 Å². The van der Waals surface area contributed by atoms with Crippen molar-refractivity contribution in [3.63, 3.8) is 0 Å². The Labute approximate surface area is 166 Å². The van der Waals surface area contributed by atoms with Crippen molar-refractivity contribution in [2.45, 2.75) is 6.10 Å². The van der Waals surface area contributed by atoms with Crippen LogP contribution in [0.25, 0.3) is 17.0 Å². The number of thiophene rings is 1. The molecule has 1 N–H and O–H groups in total. The van der Waals surface area contributed by atoms with Crippen molar-refractivity contribution in [1.29, 1.82) is 0 Å². The normalized spacial score (nSPS) is 12.3. The smallest absolute Gasteiger partial charge is 0.331 e. The van der Waals surface area contributed by atoms with Crippen LogP contribution in [0, 0.1) is 0 Å². The molecule has 28 heavy (non-hydrogen) atoms. The molecule has 1 atom stereocenters. The van der Waals surface area contributed by atoms with Crippen LogP contribution in [-0.2, 0) is 9.53 Å². The minimum atomic E-state index is -1.01. The lowest BCUT2D eigenvalue weighted by molar-refractivity contribution is -0.141. The highest BCUT2D eigenvalue weighted by Crippen LogP contribution is 2.27. The highest BCUT2D eigenvalue weighted by atomic mass is 32.1. The zero-order valence-electron chi connectivity index (χ0n) is 14.9. The van der Waals surface area contributed by atoms with Gasteiger partial charge in [0.25, 0.3) is 0 Å². The van der Waals surface area contributed by atoms with Gasteiger partial charge in [-0.3, -0.25) is 4.79 Å². The number of fused-ring (bicyclic) bond motifs is 1. The fraction of sp³-hybridized carbons (Fsp3) is 0.0435. The number of aromatic amines is 1. The van der Waals surface area contributed by atoms with Crippen LogP contribution in [0.4, 0.5) is 0 Å². The number of rotatable bonds is 6. The predicted molar refractivity (Wildman–Crippen MR) is 111 cm³/mol. The first-order chi connectivity index (χ1) is 13.7. The standard InChI is InChI=1S/C23H17NO3S/c25-21(13-12-17-9-6-14-28-17)27-23(16-7-2-1-3-8-16)22(26)19-15-24-20-11-5-4-10-18(19)20/h1-15,23-24H. The maximum Gasteiger partial charge on any atom is 0.331 e. The summed E-state index contributed by atoms with van der Waals surface area (Å²) in [7, 11) is 0. The third-order valence-corrected chi connectivity index (χ3v) is 5.19. The number of aromatic nitrogens is 1. The molecule has 0 amide bonds. The maximum atomic E-state index is 13.3. The lowest BCUT2D eigenvalue weighted by Gasteiger charge is -2.16. The molecule has 4 aromatic rings. The second-order valence-corrected chi connectivity index (χ2v) is 7.17. The molecule has 0 aliphatic carbocycles. The van der Waals surface area contributed by atoms with Crippen molar-refractivity contribution in [3.8, 4) is 0 Å². The lowest BCUT2D eigenvalue weighted by Crippen LogP contribution is -2.19. The molecular weight excluding hydrogens is 370 g/mol. The SMILES string of the molecule is O=C(C=Cc1cccs1)OC(C(=O)c1c[nH]c2ccccc12)c1ccccc1. The Balaban J connectivity index is 1.64. The number of Topliss-reactive ketones (excluding diaryl/α,β-unsaturated/α-hetero) is 1. The summed E-state index contributed by atoms with van der Waals surface area (Å²) in [6, 6.07) is 20.4. The summed E-state index contributed by atoms with van der Waals surface area (Å²) >= 11 is 1.52. The first kappa shape index (κ1) is 17.9. The van der Waals surface area contributed by atoms with Gasteiger partial charge in [0.15, 0.2) is 6.10 Å². The molecule has 138 valence electrons. The molecule has 5 heteroatoms. The molecule has 0 bridgehead atoms. The van der Waals surface area contributed by atoms with Crippen molar-refractivity contribution in [2.75, 3.05) is 0 Å². The molecule has 2 heterocycles. The van der Waals surface area contributed by atoms with E-state index in [2.05, 4.69) is 4.98 Å². The summed E-state index contributed by atoms with van der Waals surface area (Å²) in [6.45, 7) is 0. The van der Waals surface area contributed by atoms with E-state index in [-0.39, 0.29) is 5.78 Å². The summed E-state index contributed by atoms with van der Waals surface area (Å²) in [5, 5.41) is 2.73. The van der Waals surface area contributed by atoms with E-state index >= 15 is 0 Å². The van der Waals surface area contributed by atoms with Gasteiger partial charge in [0.2, 0.25) is 5.78 Å². The molecule has 2 aromatic carbocycles. The summed E-state index contributed by atoms with van der Waals surface area (Å²) in [6.07, 6.45) is 3.69. The fourth-order valence-electron chi connectivity index (χ4n) is 3.01. The predicted octanol–water partition coefficient (Wildman–Crippen LogP) is 5.41. The van der Waals surface area contributed by atoms with Crippen LogP contribution in [0.15, 0.2) is 84.4 Å². The zero-order chi connectivity index (χ0) is 19.3. The van der Waals surface area contributed by atoms with Gasteiger partial charge in [-0.05, 0) is 23.6 Å². The molecule has 1 unspecified atom stereocenters. The van der Waals surface area contributed by atoms with Crippen LogP contribution >= 0.6 is 11.3 Å². The van der Waals surface area contributed by atoms with Gasteiger partial charge < -0.3 is 9.72 Å². The molecule has 0 spiro atoms. The highest BCUT2D eigenvalue weighted by molar-refractivity contribution is 7.10. The molecule has 0 saturated heterocycles. The largest absolute Gasteiger partial charge is 0.446 e. The molecule has 4 nitrogen and oxygen atoms in total. The summed E-state index contributed by atoms with van der Waals surface area (Å²) in [4.78, 5) is 29.7. The molecule has 0 aliphatic heterocycles. The Kier molecular flexibility index (Phi) is 5.17. The van der Waals surface area contributed by atoms with Gasteiger partial charge in [-0.1, -0.05) is 54.6 Å². The Morgan fingerprint density at radius 1 is 0.964 bits per heavy atom. The number of ketones is 1. The molecule has 0 fully saturated rings. The van der Waals surface area contributed by atoms with Crippen LogP contribution in [0.2, 0.25) is 0 Å². The number of hydrogen-bond donors (Lipinski definition) is 1. The highest BCUT2D eigenvalue weighted by Gasteiger charge is 2.27. The Hall–Kier alpha value is -3.44. The van der Waals surface area contributed by atoms with Crippen molar-refractivity contribution < 1.29 is 14.3 Å². The molecule has 0 aliphatic rings. The number of hydrogen-bond acceptors (Lipinski definition) is 4. The Morgan fingerprint density at radius 2 is 1.75 bits per heavy atom. The van der Waals surface area contributed by atoms with E-state index in [1.54, 1.807) is 24.4 Å². The third kappa shape index (κ3) is 3.80. The van der Waals surface area contributed by atoms with Crippen LogP contribution in [0.3, 0.4) is 0 Å². The number of nitrogens with one attached hydrogen (secondary N) is 1. The van der Waals surface area contributed by atoms with Gasteiger partial charge in [0.1, 0.15) is 0 Å². The van der Waals surface area contributed by atoms with E-state index in [0.29, 0.717) is 11.1 Å². The van der Waals surface area contributed by atoms with Crippen molar-refractivity contribution in [2.24, 2.45) is 0 Å². The van der Waals surface area contributed by atoms with E-state index in [1.165, 1.54) is 17.4 Å². The Morgan fingerprint density at radius 3 is 2.54 bits per heavy atom. The van der Waals surface area contributed by atoms with Crippen LogP contribution in [-0.4, -0.2) is 16.7 Å². The van der Waals surface area contributed by atoms with E-state index in [9.17, 15) is 9.59 Å². The average molecular weight is 387 g/mol. The first-order valence-electron chi connectivity index (χ1n) is 8.80. The zero-order valence-corrected chi connectivity index (χ0v) is 15.7. The molecular formula is C23H17NO3S. The number of esters is 1. The molecule has 4 rings (SSSR count). The van der Waals surface area contributed by atoms with Crippen molar-refractivity contribution in [1.82, 2.24) is 4.98 Å². The minimum absolute atomic E-state index is 0.262. The van der Waals surface area contributed by atoms with E-state index in [4.69, 9.17) is 4.74 Å². The van der Waals surface area contributed by atoms with Gasteiger partial charge in [-0.25, -0.2) is 4.79 Å². The van der Waals surface area contributed by atoms with E-state index in [1.807, 2.05) is 60.0 Å². The van der Waals surface area contributed by atoms with E-state index < -0.39 is 12.1 Å². The van der Waals surface area contributed by atoms with Gasteiger partial charge in [-0.2, -0.15) is 0 Å². The maximum absolute atomic E-state index is 13.3. The molecule has 0 radical (unpaired) electrons. The van der Waals surface area contributed by atoms with Crippen LogP contribution < -0.4 is 0 Å². The monoisotopic (exact) mass is 387 g/mol. The van der Waals surface area contributed by atoms with Crippen molar-refractivity contribution >= 4 is 40.1 Å². The summed E-state index contributed by atoms with van der Waals surface area (Å²) < 4.78 is 5.58. The summed E-state index contributed by atoms with van der Waals surface area (Å²) in [5.74, 6) is -0.822. The van der Waals surface area contributed by atoms with Crippen LogP contribution in [0.1, 0.15) is 26.9 Å². The second-order valence-electron chi connectivity index (χ2n) is 6.19. The quantitative estimate of drug-likeness (QED) is 0.273. The number of ether oxygens (including phenoxy) is 1. The molecule has 0 saturated carbocycles. The average Bonchev–Trinajstić information content (AvgIpc) is 3.40. The van der Waals surface area contributed by atoms with Gasteiger partial charge in [0.05, 0.1) is 0 Å². The van der Waals surface area contributed by atoms with Gasteiger partial charge >= 0.3 is 5.97 Å². The minimum Gasteiger partial charge on any atom is -0.446 e. The lowest BCUT2D eigenvalue weighted by atomic mass is 9.99. The van der Waals surface area contributed by atoms with Crippen molar-refractivity contribution in [3.05, 3.63) is 100 Å². The fourth-order valence-corrected chi connectivity index (χ4v) is 3.63. The Bertz CT molecular complexity index is 1130. The first-order valence-corrected chi connectivity index (χ1v) is 9.68. The van der Waals surface area contributed by atoms with Crippen LogP contribution in [0.5, 0.6) is 0 Å². The second kappa shape index (κ2) is 8.06. The number of H-pyrrole nitrogens is 1. The topological polar surface area (TPSA) is 59.2 Å².